The van der Waals surface area contributed by atoms with Gasteiger partial charge in [-0.3, -0.25) is 9.80 Å². The van der Waals surface area contributed by atoms with Crippen molar-refractivity contribution in [2.24, 2.45) is 5.10 Å². The van der Waals surface area contributed by atoms with Crippen molar-refractivity contribution in [3.8, 4) is 0 Å². The van der Waals surface area contributed by atoms with Crippen molar-refractivity contribution >= 4 is 17.3 Å². The van der Waals surface area contributed by atoms with Crippen molar-refractivity contribution in [2.45, 2.75) is 25.8 Å². The maximum atomic E-state index is 13.9. The summed E-state index contributed by atoms with van der Waals surface area (Å²) in [6, 6.07) is 11.7. The van der Waals surface area contributed by atoms with Crippen molar-refractivity contribution in [1.82, 2.24) is 4.90 Å². The number of halogens is 2. The highest BCUT2D eigenvalue weighted by molar-refractivity contribution is 6.02. The smallest absolute Gasteiger partial charge is 0.222 e. The van der Waals surface area contributed by atoms with Crippen LogP contribution in [0.15, 0.2) is 47.6 Å². The Labute approximate surface area is 150 Å². The molecule has 0 spiro atoms. The van der Waals surface area contributed by atoms with E-state index in [1.165, 1.54) is 23.2 Å². The lowest BCUT2D eigenvalue weighted by Crippen LogP contribution is -2.23. The molecule has 6 heteroatoms. The van der Waals surface area contributed by atoms with Crippen LogP contribution in [0.25, 0.3) is 0 Å². The lowest BCUT2D eigenvalue weighted by molar-refractivity contribution is -0.128. The molecule has 0 N–H and O–H groups in total. The Balaban J connectivity index is 1.50. The SMILES string of the molecule is O=C1CCCN1Cc1ccc(C2=NN(c3c(F)cccc3F)CC2)cc1. The van der Waals surface area contributed by atoms with E-state index >= 15 is 0 Å². The molecule has 0 aliphatic carbocycles. The lowest BCUT2D eigenvalue weighted by atomic mass is 10.1. The van der Waals surface area contributed by atoms with Gasteiger partial charge in [-0.25, -0.2) is 8.78 Å². The third-order valence-corrected chi connectivity index (χ3v) is 4.83. The molecule has 2 aromatic rings. The summed E-state index contributed by atoms with van der Waals surface area (Å²) in [5, 5.41) is 5.79. The molecule has 26 heavy (non-hydrogen) atoms. The van der Waals surface area contributed by atoms with Crippen LogP contribution >= 0.6 is 0 Å². The third-order valence-electron chi connectivity index (χ3n) is 4.83. The highest BCUT2D eigenvalue weighted by Gasteiger charge is 2.23. The summed E-state index contributed by atoms with van der Waals surface area (Å²) in [6.45, 7) is 1.88. The fourth-order valence-corrected chi connectivity index (χ4v) is 3.45. The average molecular weight is 355 g/mol. The number of benzene rings is 2. The summed E-state index contributed by atoms with van der Waals surface area (Å²) in [5.74, 6) is -1.02. The number of amides is 1. The molecule has 0 unspecified atom stereocenters. The fraction of sp³-hybridized carbons (Fsp3) is 0.300. The van der Waals surface area contributed by atoms with E-state index in [-0.39, 0.29) is 11.6 Å². The van der Waals surface area contributed by atoms with Gasteiger partial charge in [0.15, 0.2) is 11.6 Å². The quantitative estimate of drug-likeness (QED) is 0.838. The van der Waals surface area contributed by atoms with E-state index in [2.05, 4.69) is 5.10 Å². The molecule has 0 radical (unpaired) electrons. The molecule has 134 valence electrons. The number of anilines is 1. The molecule has 0 saturated carbocycles. The maximum absolute atomic E-state index is 13.9. The molecule has 2 aliphatic heterocycles. The molecule has 1 saturated heterocycles. The van der Waals surface area contributed by atoms with Crippen LogP contribution in [0.1, 0.15) is 30.4 Å². The molecule has 1 amide bonds. The van der Waals surface area contributed by atoms with Gasteiger partial charge in [-0.15, -0.1) is 0 Å². The van der Waals surface area contributed by atoms with Crippen LogP contribution in [-0.4, -0.2) is 29.6 Å². The van der Waals surface area contributed by atoms with Gasteiger partial charge < -0.3 is 4.90 Å². The second-order valence-electron chi connectivity index (χ2n) is 6.61. The number of hydrogen-bond donors (Lipinski definition) is 0. The summed E-state index contributed by atoms with van der Waals surface area (Å²) < 4.78 is 27.9. The Morgan fingerprint density at radius 1 is 0.962 bits per heavy atom. The highest BCUT2D eigenvalue weighted by Crippen LogP contribution is 2.27. The summed E-state index contributed by atoms with van der Waals surface area (Å²) >= 11 is 0. The van der Waals surface area contributed by atoms with Crippen LogP contribution in [0.5, 0.6) is 0 Å². The molecule has 0 aromatic heterocycles. The first-order chi connectivity index (χ1) is 12.6. The van der Waals surface area contributed by atoms with Gasteiger partial charge in [-0.05, 0) is 29.7 Å². The first-order valence-corrected chi connectivity index (χ1v) is 8.78. The predicted octanol–water partition coefficient (Wildman–Crippen LogP) is 3.70. The Bertz CT molecular complexity index is 844. The summed E-state index contributed by atoms with van der Waals surface area (Å²) in [4.78, 5) is 13.6. The van der Waals surface area contributed by atoms with Crippen LogP contribution in [0, 0.1) is 11.6 Å². The minimum absolute atomic E-state index is 0.105. The van der Waals surface area contributed by atoms with E-state index in [1.807, 2.05) is 29.2 Å². The van der Waals surface area contributed by atoms with Crippen molar-refractivity contribution in [3.63, 3.8) is 0 Å². The number of hydrazone groups is 1. The second-order valence-corrected chi connectivity index (χ2v) is 6.61. The number of carbonyl (C=O) groups excluding carboxylic acids is 1. The van der Waals surface area contributed by atoms with Crippen molar-refractivity contribution in [3.05, 3.63) is 65.2 Å². The minimum atomic E-state index is -0.611. The summed E-state index contributed by atoms with van der Waals surface area (Å²) in [5.41, 5.74) is 2.70. The van der Waals surface area contributed by atoms with Gasteiger partial charge in [0.25, 0.3) is 0 Å². The first kappa shape index (κ1) is 16.7. The van der Waals surface area contributed by atoms with Crippen LogP contribution in [0.2, 0.25) is 0 Å². The van der Waals surface area contributed by atoms with Crippen LogP contribution in [-0.2, 0) is 11.3 Å². The maximum Gasteiger partial charge on any atom is 0.222 e. The molecule has 2 aromatic carbocycles. The normalized spacial score (nSPS) is 17.2. The van der Waals surface area contributed by atoms with Gasteiger partial charge in [-0.1, -0.05) is 30.3 Å². The molecule has 4 nitrogen and oxygen atoms in total. The van der Waals surface area contributed by atoms with E-state index in [0.29, 0.717) is 25.9 Å². The van der Waals surface area contributed by atoms with Crippen LogP contribution < -0.4 is 5.01 Å². The van der Waals surface area contributed by atoms with Gasteiger partial charge in [0.05, 0.1) is 5.71 Å². The van der Waals surface area contributed by atoms with Crippen molar-refractivity contribution < 1.29 is 13.6 Å². The minimum Gasteiger partial charge on any atom is -0.338 e. The zero-order valence-corrected chi connectivity index (χ0v) is 14.3. The lowest BCUT2D eigenvalue weighted by Gasteiger charge is -2.15. The van der Waals surface area contributed by atoms with Gasteiger partial charge in [-0.2, -0.15) is 5.10 Å². The third kappa shape index (κ3) is 3.19. The van der Waals surface area contributed by atoms with E-state index in [4.69, 9.17) is 0 Å². The second kappa shape index (κ2) is 6.86. The van der Waals surface area contributed by atoms with E-state index < -0.39 is 11.6 Å². The molecule has 2 aliphatic rings. The van der Waals surface area contributed by atoms with E-state index in [9.17, 15) is 13.6 Å². The number of para-hydroxylation sites is 1. The van der Waals surface area contributed by atoms with Gasteiger partial charge in [0.1, 0.15) is 5.69 Å². The Morgan fingerprint density at radius 3 is 2.35 bits per heavy atom. The van der Waals surface area contributed by atoms with Gasteiger partial charge >= 0.3 is 0 Å². The monoisotopic (exact) mass is 355 g/mol. The molecule has 4 rings (SSSR count). The highest BCUT2D eigenvalue weighted by atomic mass is 19.1. The number of rotatable bonds is 4. The van der Waals surface area contributed by atoms with Gasteiger partial charge in [0.2, 0.25) is 5.91 Å². The molecule has 1 fully saturated rings. The largest absolute Gasteiger partial charge is 0.338 e. The predicted molar refractivity (Wildman–Crippen MR) is 96.0 cm³/mol. The number of hydrogen-bond acceptors (Lipinski definition) is 3. The Kier molecular flexibility index (Phi) is 4.41. The molecular formula is C20H19F2N3O. The van der Waals surface area contributed by atoms with E-state index in [0.717, 1.165) is 29.8 Å². The summed E-state index contributed by atoms with van der Waals surface area (Å²) in [6.07, 6.45) is 2.19. The van der Waals surface area contributed by atoms with Crippen molar-refractivity contribution in [1.29, 1.82) is 0 Å². The van der Waals surface area contributed by atoms with E-state index in [1.54, 1.807) is 0 Å². The summed E-state index contributed by atoms with van der Waals surface area (Å²) in [7, 11) is 0. The fourth-order valence-electron chi connectivity index (χ4n) is 3.45. The molecule has 0 atom stereocenters. The number of nitrogens with zero attached hydrogens (tertiary/aromatic N) is 3. The zero-order chi connectivity index (χ0) is 18.1. The Hall–Kier alpha value is -2.76. The standard InChI is InChI=1S/C20H19F2N3O/c21-16-3-1-4-17(22)20(16)25-12-10-18(23-25)15-8-6-14(7-9-15)13-24-11-2-5-19(24)26/h1,3-4,6-9H,2,5,10-13H2. The molecular weight excluding hydrogens is 336 g/mol. The number of carbonyl (C=O) groups is 1. The zero-order valence-electron chi connectivity index (χ0n) is 14.3. The Morgan fingerprint density at radius 2 is 1.69 bits per heavy atom. The van der Waals surface area contributed by atoms with Crippen molar-refractivity contribution in [2.75, 3.05) is 18.1 Å². The first-order valence-electron chi connectivity index (χ1n) is 8.78. The molecule has 0 bridgehead atoms. The van der Waals surface area contributed by atoms with Gasteiger partial charge in [0, 0.05) is 32.5 Å². The topological polar surface area (TPSA) is 35.9 Å². The number of likely N-dealkylation sites (tertiary alicyclic amines) is 1. The molecule has 2 heterocycles. The van der Waals surface area contributed by atoms with Crippen LogP contribution in [0.3, 0.4) is 0 Å². The van der Waals surface area contributed by atoms with Crippen LogP contribution in [0.4, 0.5) is 14.5 Å². The average Bonchev–Trinajstić information content (AvgIpc) is 3.26.